The van der Waals surface area contributed by atoms with Crippen molar-refractivity contribution in [3.05, 3.63) is 62.5 Å². The Kier molecular flexibility index (Phi) is 8.44. The van der Waals surface area contributed by atoms with E-state index in [1.807, 2.05) is 13.8 Å². The maximum atomic E-state index is 12.9. The van der Waals surface area contributed by atoms with Crippen LogP contribution < -0.4 is 5.32 Å². The number of hydrogen-bond acceptors (Lipinski definition) is 7. The number of rotatable bonds is 6. The summed E-state index contributed by atoms with van der Waals surface area (Å²) in [6.45, 7) is 7.32. The lowest BCUT2D eigenvalue weighted by Gasteiger charge is -2.30. The third-order valence-corrected chi connectivity index (χ3v) is 4.38. The zero-order valence-corrected chi connectivity index (χ0v) is 17.8. The average molecular weight is 420 g/mol. The van der Waals surface area contributed by atoms with Crippen molar-refractivity contribution in [1.82, 2.24) is 5.32 Å². The minimum atomic E-state index is -0.977. The summed E-state index contributed by atoms with van der Waals surface area (Å²) in [7, 11) is 1.22. The van der Waals surface area contributed by atoms with Crippen LogP contribution in [0, 0.1) is 16.0 Å². The number of nitrogens with zero attached hydrogens (tertiary/aromatic N) is 1. The van der Waals surface area contributed by atoms with Crippen LogP contribution in [-0.4, -0.2) is 30.6 Å². The fraction of sp³-hybridized carbons (Fsp3) is 0.400. The largest absolute Gasteiger partial charge is 0.466 e. The van der Waals surface area contributed by atoms with Gasteiger partial charge in [-0.2, -0.15) is 0 Å². The number of benzene rings is 1. The smallest absolute Gasteiger partial charge is 0.336 e. The maximum Gasteiger partial charge on any atom is 0.336 e. The van der Waals surface area contributed by atoms with Crippen molar-refractivity contribution in [2.75, 3.05) is 13.7 Å². The summed E-state index contributed by atoms with van der Waals surface area (Å²) in [6, 6.07) is 6.03. The van der Waals surface area contributed by atoms with Crippen molar-refractivity contribution in [2.45, 2.75) is 33.6 Å². The Balaban J connectivity index is 0.00000420. The Morgan fingerprint density at radius 1 is 1.14 bits per heavy atom. The number of dihydropyridines is 1. The Bertz CT molecular complexity index is 875. The molecule has 1 aliphatic rings. The molecular formula is C20H24N2O6S. The van der Waals surface area contributed by atoms with Gasteiger partial charge in [-0.05, 0) is 19.8 Å². The van der Waals surface area contributed by atoms with E-state index in [1.165, 1.54) is 25.3 Å². The molecule has 0 saturated carbocycles. The van der Waals surface area contributed by atoms with Crippen molar-refractivity contribution in [3.63, 3.8) is 0 Å². The maximum absolute atomic E-state index is 12.9. The molecule has 1 N–H and O–H groups in total. The minimum Gasteiger partial charge on any atom is -0.466 e. The van der Waals surface area contributed by atoms with Crippen LogP contribution >= 0.6 is 13.5 Å². The van der Waals surface area contributed by atoms with Gasteiger partial charge < -0.3 is 14.8 Å². The summed E-state index contributed by atoms with van der Waals surface area (Å²) < 4.78 is 10.3. The topological polar surface area (TPSA) is 108 Å². The highest BCUT2D eigenvalue weighted by Crippen LogP contribution is 2.42. The van der Waals surface area contributed by atoms with Crippen molar-refractivity contribution >= 4 is 31.1 Å². The first-order valence-corrected chi connectivity index (χ1v) is 8.86. The predicted molar refractivity (Wildman–Crippen MR) is 110 cm³/mol. The Morgan fingerprint density at radius 2 is 1.69 bits per heavy atom. The molecule has 2 rings (SSSR count). The highest BCUT2D eigenvalue weighted by molar-refractivity contribution is 7.59. The molecule has 1 atom stereocenters. The number of methoxy groups -OCH3 is 1. The summed E-state index contributed by atoms with van der Waals surface area (Å²) in [5, 5.41) is 14.6. The van der Waals surface area contributed by atoms with Gasteiger partial charge in [-0.3, -0.25) is 10.1 Å². The zero-order chi connectivity index (χ0) is 21.0. The first kappa shape index (κ1) is 24.2. The molecule has 0 amide bonds. The molecular weight excluding hydrogens is 396 g/mol. The molecule has 156 valence electrons. The third-order valence-electron chi connectivity index (χ3n) is 4.38. The molecule has 0 aliphatic carbocycles. The molecule has 0 bridgehead atoms. The van der Waals surface area contributed by atoms with Crippen LogP contribution in [0.15, 0.2) is 46.8 Å². The number of allylic oxidation sites excluding steroid dienone is 2. The van der Waals surface area contributed by atoms with Crippen molar-refractivity contribution in [2.24, 2.45) is 5.92 Å². The summed E-state index contributed by atoms with van der Waals surface area (Å²) in [5.41, 5.74) is 1.27. The number of nitrogens with one attached hydrogen (secondary N) is 1. The number of nitro groups is 1. The lowest BCUT2D eigenvalue weighted by atomic mass is 9.79. The normalized spacial score (nSPS) is 16.1. The molecule has 1 unspecified atom stereocenters. The number of carbonyl (C=O) groups excluding carboxylic acids is 2. The first-order valence-electron chi connectivity index (χ1n) is 8.86. The second kappa shape index (κ2) is 10.1. The summed E-state index contributed by atoms with van der Waals surface area (Å²) >= 11 is 0. The van der Waals surface area contributed by atoms with Crippen LogP contribution in [0.2, 0.25) is 0 Å². The number of ether oxygens (including phenoxy) is 2. The monoisotopic (exact) mass is 420 g/mol. The number of hydrogen-bond donors (Lipinski definition) is 1. The predicted octanol–water partition coefficient (Wildman–Crippen LogP) is 3.85. The van der Waals surface area contributed by atoms with Crippen LogP contribution in [0.25, 0.3) is 0 Å². The number of carbonyl (C=O) groups is 2. The number of para-hydroxylation sites is 1. The fourth-order valence-electron chi connectivity index (χ4n) is 3.17. The van der Waals surface area contributed by atoms with Crippen LogP contribution in [0.3, 0.4) is 0 Å². The van der Waals surface area contributed by atoms with Crippen LogP contribution in [0.1, 0.15) is 39.2 Å². The molecule has 1 aliphatic heterocycles. The van der Waals surface area contributed by atoms with Gasteiger partial charge in [0.25, 0.3) is 5.69 Å². The quantitative estimate of drug-likeness (QED) is 0.423. The minimum absolute atomic E-state index is 0. The second-order valence-electron chi connectivity index (χ2n) is 6.94. The van der Waals surface area contributed by atoms with Gasteiger partial charge in [-0.1, -0.05) is 32.0 Å². The van der Waals surface area contributed by atoms with Gasteiger partial charge >= 0.3 is 11.9 Å². The highest BCUT2D eigenvalue weighted by Gasteiger charge is 2.40. The van der Waals surface area contributed by atoms with E-state index in [0.717, 1.165) is 0 Å². The van der Waals surface area contributed by atoms with Gasteiger partial charge in [0.05, 0.1) is 35.7 Å². The zero-order valence-electron chi connectivity index (χ0n) is 17.0. The average Bonchev–Trinajstić information content (AvgIpc) is 2.64. The standard InChI is InChI=1S/C20H24N2O6.S/c1-11(2)10-28-20(24)17-13(4)21-12(3)16(19(23)27-5)18(17)14-8-6-7-9-15(14)22(25)26;/h6-9,11,18,21H,10H2,1-5H3;. The molecule has 1 heterocycles. The molecule has 1 aromatic rings. The van der Waals surface area contributed by atoms with E-state index in [0.29, 0.717) is 11.4 Å². The molecule has 29 heavy (non-hydrogen) atoms. The van der Waals surface area contributed by atoms with Gasteiger partial charge in [0.1, 0.15) is 0 Å². The van der Waals surface area contributed by atoms with E-state index in [4.69, 9.17) is 9.47 Å². The van der Waals surface area contributed by atoms with Crippen LogP contribution in [0.5, 0.6) is 0 Å². The summed E-state index contributed by atoms with van der Waals surface area (Å²) in [4.78, 5) is 36.5. The molecule has 1 aromatic carbocycles. The van der Waals surface area contributed by atoms with E-state index in [9.17, 15) is 19.7 Å². The molecule has 0 saturated heterocycles. The molecule has 0 spiro atoms. The van der Waals surface area contributed by atoms with Crippen LogP contribution in [0.4, 0.5) is 5.69 Å². The molecule has 2 radical (unpaired) electrons. The van der Waals surface area contributed by atoms with Crippen molar-refractivity contribution < 1.29 is 24.0 Å². The SMILES string of the molecule is COC(=O)C1=C(C)NC(C)=C(C(=O)OCC(C)C)C1c1ccccc1[N+](=O)[O-].[S]. The van der Waals surface area contributed by atoms with E-state index >= 15 is 0 Å². The number of esters is 2. The van der Waals surface area contributed by atoms with Crippen molar-refractivity contribution in [3.8, 4) is 0 Å². The first-order chi connectivity index (χ1) is 13.2. The highest BCUT2D eigenvalue weighted by atomic mass is 32.1. The molecule has 8 nitrogen and oxygen atoms in total. The van der Waals surface area contributed by atoms with Gasteiger partial charge in [0.2, 0.25) is 0 Å². The molecule has 0 fully saturated rings. The van der Waals surface area contributed by atoms with Crippen LogP contribution in [-0.2, 0) is 19.1 Å². The lowest BCUT2D eigenvalue weighted by molar-refractivity contribution is -0.385. The van der Waals surface area contributed by atoms with E-state index in [1.54, 1.807) is 19.9 Å². The lowest BCUT2D eigenvalue weighted by Crippen LogP contribution is -2.32. The molecule has 0 aromatic heterocycles. The third kappa shape index (κ3) is 5.17. The van der Waals surface area contributed by atoms with Crippen molar-refractivity contribution in [1.29, 1.82) is 0 Å². The number of nitro benzene ring substituents is 1. The van der Waals surface area contributed by atoms with Gasteiger partial charge in [-0.25, -0.2) is 9.59 Å². The summed E-state index contributed by atoms with van der Waals surface area (Å²) in [6.07, 6.45) is 0. The van der Waals surface area contributed by atoms with E-state index in [2.05, 4.69) is 5.32 Å². The molecule has 9 heteroatoms. The second-order valence-corrected chi connectivity index (χ2v) is 6.94. The van der Waals surface area contributed by atoms with E-state index < -0.39 is 22.8 Å². The van der Waals surface area contributed by atoms with E-state index in [-0.39, 0.29) is 48.4 Å². The summed E-state index contributed by atoms with van der Waals surface area (Å²) in [5.74, 6) is -2.16. The fourth-order valence-corrected chi connectivity index (χ4v) is 3.17. The van der Waals surface area contributed by atoms with Gasteiger partial charge in [-0.15, -0.1) is 0 Å². The Hall–Kier alpha value is -2.81. The Labute approximate surface area is 176 Å². The van der Waals surface area contributed by atoms with Gasteiger partial charge in [0, 0.05) is 36.5 Å². The van der Waals surface area contributed by atoms with Gasteiger partial charge in [0.15, 0.2) is 0 Å². The Morgan fingerprint density at radius 3 is 2.21 bits per heavy atom.